The molecule has 5 heteroatoms. The van der Waals surface area contributed by atoms with E-state index in [9.17, 15) is 0 Å². The Kier molecular flexibility index (Phi) is 7.09. The fourth-order valence-electron chi connectivity index (χ4n) is 5.86. The van der Waals surface area contributed by atoms with E-state index in [1.54, 1.807) is 6.26 Å². The summed E-state index contributed by atoms with van der Waals surface area (Å²) in [5, 5.41) is 2.73. The molecule has 209 valence electrons. The molecule has 1 unspecified atom stereocenters. The van der Waals surface area contributed by atoms with Crippen LogP contribution in [0.5, 0.6) is 0 Å². The van der Waals surface area contributed by atoms with Crippen LogP contribution < -0.4 is 4.90 Å². The smallest absolute Gasteiger partial charge is 0.178 e. The van der Waals surface area contributed by atoms with Crippen molar-refractivity contribution in [3.63, 3.8) is 0 Å². The van der Waals surface area contributed by atoms with Crippen LogP contribution in [0.4, 0.5) is 17.3 Å². The van der Waals surface area contributed by atoms with E-state index in [1.165, 1.54) is 11.1 Å². The standard InChI is InChI=1S/C37H24NO2S.Au/c41-36(27-11-2-1-3-12-27)32-23-39-37-31(32)22-35(40-37)38-33-16-7-5-10-25(33)17-18-26-19-20-28(21-34(26)38)30-15-8-13-24-9-4-6-14-29(24)30;/h1-13,15-16,19-20,23,36,41H,17-18H2;/q-3;/p-1. The number of para-hydroxylation sites is 1. The van der Waals surface area contributed by atoms with Gasteiger partial charge in [0.25, 0.3) is 0 Å². The molecule has 0 spiro atoms. The van der Waals surface area contributed by atoms with Crippen LogP contribution in [0.15, 0.2) is 118 Å². The van der Waals surface area contributed by atoms with Crippen molar-refractivity contribution in [2.75, 3.05) is 4.90 Å². The predicted octanol–water partition coefficient (Wildman–Crippen LogP) is 9.45. The van der Waals surface area contributed by atoms with E-state index in [1.807, 2.05) is 42.5 Å². The van der Waals surface area contributed by atoms with Crippen LogP contribution in [0.1, 0.15) is 27.5 Å². The van der Waals surface area contributed by atoms with Gasteiger partial charge in [-0.25, -0.2) is 0 Å². The normalized spacial score (nSPS) is 13.3. The molecule has 8 rings (SSSR count). The molecule has 7 aromatic rings. The van der Waals surface area contributed by atoms with Gasteiger partial charge < -0.3 is 26.4 Å². The van der Waals surface area contributed by atoms with Gasteiger partial charge in [-0.1, -0.05) is 78.7 Å². The molecule has 3 nitrogen and oxygen atoms in total. The zero-order chi connectivity index (χ0) is 27.3. The summed E-state index contributed by atoms with van der Waals surface area (Å²) in [6.07, 6.45) is 3.51. The number of benzene rings is 5. The van der Waals surface area contributed by atoms with Gasteiger partial charge in [-0.2, -0.15) is 5.25 Å². The van der Waals surface area contributed by atoms with E-state index in [4.69, 9.17) is 21.5 Å². The van der Waals surface area contributed by atoms with Crippen molar-refractivity contribution in [2.45, 2.75) is 18.1 Å². The Bertz CT molecular complexity index is 2040. The van der Waals surface area contributed by atoms with Crippen molar-refractivity contribution in [2.24, 2.45) is 0 Å². The Morgan fingerprint density at radius 2 is 1.57 bits per heavy atom. The molecular formula is C37H23AuNO2S-4. The number of hydrogen-bond donors (Lipinski definition) is 0. The Morgan fingerprint density at radius 1 is 0.762 bits per heavy atom. The molecule has 1 aliphatic heterocycles. The molecule has 0 saturated heterocycles. The summed E-state index contributed by atoms with van der Waals surface area (Å²) in [5.74, 6) is 0.980. The maximum atomic E-state index is 6.39. The van der Waals surface area contributed by atoms with Crippen LogP contribution in [0.3, 0.4) is 0 Å². The molecule has 0 aliphatic carbocycles. The minimum atomic E-state index is -0.274. The second kappa shape index (κ2) is 11.0. The molecule has 1 radical (unpaired) electrons. The summed E-state index contributed by atoms with van der Waals surface area (Å²) < 4.78 is 12.3. The van der Waals surface area contributed by atoms with E-state index >= 15 is 0 Å². The topological polar surface area (TPSA) is 29.5 Å². The second-order valence-electron chi connectivity index (χ2n) is 10.3. The first-order valence-electron chi connectivity index (χ1n) is 13.7. The molecule has 0 N–H and O–H groups in total. The molecule has 1 atom stereocenters. The molecule has 0 amide bonds. The SMILES string of the molecule is [Au].[S-]C(c1ccccc1)c1coc2oc(N3c4[c-]c(-c5cccc6ccc[c-]c56)ccc4CCc4ccccc43)[c-]c12. The molecule has 0 saturated carbocycles. The molecule has 0 bridgehead atoms. The number of furan rings is 2. The number of nitrogens with zero attached hydrogens (tertiary/aromatic N) is 1. The molecule has 42 heavy (non-hydrogen) atoms. The molecular weight excluding hydrogens is 719 g/mol. The third-order valence-electron chi connectivity index (χ3n) is 7.91. The zero-order valence-electron chi connectivity index (χ0n) is 22.4. The van der Waals surface area contributed by atoms with Crippen LogP contribution in [0.2, 0.25) is 0 Å². The summed E-state index contributed by atoms with van der Waals surface area (Å²) in [6.45, 7) is 0. The molecule has 3 heterocycles. The largest absolute Gasteiger partial charge is 0.792 e. The van der Waals surface area contributed by atoms with E-state index in [0.717, 1.165) is 62.6 Å². The fraction of sp³-hybridized carbons (Fsp3) is 0.0811. The summed E-state index contributed by atoms with van der Waals surface area (Å²) >= 11 is 5.93. The number of hydrogen-bond acceptors (Lipinski definition) is 4. The van der Waals surface area contributed by atoms with Crippen molar-refractivity contribution in [3.05, 3.63) is 150 Å². The van der Waals surface area contributed by atoms with Gasteiger partial charge in [-0.05, 0) is 23.7 Å². The van der Waals surface area contributed by atoms with Gasteiger partial charge in [0, 0.05) is 34.3 Å². The average Bonchev–Trinajstić information content (AvgIpc) is 3.57. The average molecular weight is 743 g/mol. The van der Waals surface area contributed by atoms with Crippen LogP contribution in [-0.2, 0) is 47.9 Å². The van der Waals surface area contributed by atoms with Gasteiger partial charge in [-0.15, -0.1) is 86.9 Å². The summed E-state index contributed by atoms with van der Waals surface area (Å²) in [4.78, 5) is 2.14. The Hall–Kier alpha value is -3.93. The van der Waals surface area contributed by atoms with E-state index < -0.39 is 0 Å². The first-order chi connectivity index (χ1) is 20.2. The summed E-state index contributed by atoms with van der Waals surface area (Å²) in [5.41, 5.74) is 8.46. The Balaban J connectivity index is 0.00000288. The minimum Gasteiger partial charge on any atom is -0.792 e. The third kappa shape index (κ3) is 4.52. The third-order valence-corrected chi connectivity index (χ3v) is 8.44. The van der Waals surface area contributed by atoms with Crippen LogP contribution in [0.25, 0.3) is 33.1 Å². The zero-order valence-corrected chi connectivity index (χ0v) is 25.3. The number of anilines is 3. The van der Waals surface area contributed by atoms with Crippen molar-refractivity contribution in [1.82, 2.24) is 0 Å². The molecule has 5 aromatic carbocycles. The monoisotopic (exact) mass is 742 g/mol. The van der Waals surface area contributed by atoms with Crippen molar-refractivity contribution >= 4 is 51.8 Å². The minimum absolute atomic E-state index is 0. The van der Waals surface area contributed by atoms with Gasteiger partial charge in [0.2, 0.25) is 0 Å². The Labute approximate surface area is 265 Å². The maximum Gasteiger partial charge on any atom is 0.178 e. The number of aryl methyl sites for hydroxylation is 2. The van der Waals surface area contributed by atoms with Crippen molar-refractivity contribution in [1.29, 1.82) is 0 Å². The van der Waals surface area contributed by atoms with Gasteiger partial charge in [0.1, 0.15) is 5.88 Å². The van der Waals surface area contributed by atoms with Crippen LogP contribution >= 0.6 is 0 Å². The predicted molar refractivity (Wildman–Crippen MR) is 166 cm³/mol. The number of rotatable bonds is 4. The quantitative estimate of drug-likeness (QED) is 0.102. The van der Waals surface area contributed by atoms with Gasteiger partial charge in [0.05, 0.1) is 0 Å². The van der Waals surface area contributed by atoms with Crippen LogP contribution in [0, 0.1) is 18.2 Å². The molecule has 1 aliphatic rings. The first-order valence-corrected chi connectivity index (χ1v) is 14.2. The second-order valence-corrected chi connectivity index (χ2v) is 10.8. The maximum absolute atomic E-state index is 6.39. The first kappa shape index (κ1) is 26.9. The summed E-state index contributed by atoms with van der Waals surface area (Å²) in [6, 6.07) is 46.1. The summed E-state index contributed by atoms with van der Waals surface area (Å²) in [7, 11) is 0. The van der Waals surface area contributed by atoms with Crippen molar-refractivity contribution in [3.8, 4) is 11.1 Å². The van der Waals surface area contributed by atoms with Gasteiger partial charge >= 0.3 is 0 Å². The van der Waals surface area contributed by atoms with E-state index in [2.05, 4.69) is 83.8 Å². The van der Waals surface area contributed by atoms with Crippen LogP contribution in [-0.4, -0.2) is 0 Å². The molecule has 0 fully saturated rings. The van der Waals surface area contributed by atoms with Gasteiger partial charge in [-0.3, -0.25) is 0 Å². The number of fused-ring (bicyclic) bond motifs is 4. The van der Waals surface area contributed by atoms with Crippen molar-refractivity contribution < 1.29 is 31.2 Å². The molecule has 2 aromatic heterocycles. The van der Waals surface area contributed by atoms with Gasteiger partial charge in [0.15, 0.2) is 5.78 Å². The van der Waals surface area contributed by atoms with E-state index in [-0.39, 0.29) is 27.6 Å². The Morgan fingerprint density at radius 3 is 2.48 bits per heavy atom. The van der Waals surface area contributed by atoms with E-state index in [0.29, 0.717) is 11.7 Å². The fourth-order valence-corrected chi connectivity index (χ4v) is 6.19.